The quantitative estimate of drug-likeness (QED) is 0.906. The van der Waals surface area contributed by atoms with Crippen LogP contribution in [0.25, 0.3) is 0 Å². The van der Waals surface area contributed by atoms with Gasteiger partial charge in [0.2, 0.25) is 0 Å². The van der Waals surface area contributed by atoms with Gasteiger partial charge in [-0.2, -0.15) is 0 Å². The molecule has 0 unspecified atom stereocenters. The van der Waals surface area contributed by atoms with Gasteiger partial charge in [0.15, 0.2) is 0 Å². The van der Waals surface area contributed by atoms with Crippen LogP contribution in [0.15, 0.2) is 36.8 Å². The van der Waals surface area contributed by atoms with Crippen molar-refractivity contribution < 1.29 is 4.79 Å². The second-order valence-corrected chi connectivity index (χ2v) is 4.91. The van der Waals surface area contributed by atoms with E-state index in [1.54, 1.807) is 6.20 Å². The number of nitrogens with one attached hydrogen (secondary N) is 1. The molecule has 1 amide bonds. The average molecular weight is 268 g/mol. The number of aryl methyl sites for hydroxylation is 1. The third-order valence-corrected chi connectivity index (χ3v) is 3.49. The van der Waals surface area contributed by atoms with Crippen molar-refractivity contribution in [1.82, 2.24) is 9.97 Å². The Morgan fingerprint density at radius 1 is 1.35 bits per heavy atom. The van der Waals surface area contributed by atoms with Crippen LogP contribution in [0.3, 0.4) is 0 Å². The monoisotopic (exact) mass is 268 g/mol. The predicted molar refractivity (Wildman–Crippen MR) is 78.0 cm³/mol. The van der Waals surface area contributed by atoms with E-state index in [1.807, 2.05) is 12.1 Å². The van der Waals surface area contributed by atoms with Gasteiger partial charge in [-0.15, -0.1) is 0 Å². The molecule has 0 fully saturated rings. The van der Waals surface area contributed by atoms with Crippen LogP contribution in [0.4, 0.5) is 11.4 Å². The molecule has 1 aromatic carbocycles. The third-order valence-electron chi connectivity index (χ3n) is 3.49. The number of carbonyl (C=O) groups excluding carboxylic acids is 1. The number of aromatic nitrogens is 2. The molecule has 2 aromatic rings. The minimum absolute atomic E-state index is 0.239. The number of hydrogen-bond donors (Lipinski definition) is 1. The summed E-state index contributed by atoms with van der Waals surface area (Å²) >= 11 is 0. The zero-order chi connectivity index (χ0) is 13.9. The van der Waals surface area contributed by atoms with Gasteiger partial charge in [-0.1, -0.05) is 6.07 Å². The zero-order valence-electron chi connectivity index (χ0n) is 11.3. The van der Waals surface area contributed by atoms with E-state index in [0.717, 1.165) is 18.7 Å². The van der Waals surface area contributed by atoms with E-state index in [-0.39, 0.29) is 5.91 Å². The summed E-state index contributed by atoms with van der Waals surface area (Å²) in [5.41, 5.74) is 3.62. The fraction of sp³-hybridized carbons (Fsp3) is 0.267. The maximum atomic E-state index is 12.0. The minimum atomic E-state index is -0.239. The molecule has 20 heavy (non-hydrogen) atoms. The summed E-state index contributed by atoms with van der Waals surface area (Å²) in [5.74, 6) is -0.239. The summed E-state index contributed by atoms with van der Waals surface area (Å²) in [4.78, 5) is 22.1. The fourth-order valence-electron chi connectivity index (χ4n) is 2.45. The van der Waals surface area contributed by atoms with Crippen molar-refractivity contribution in [2.75, 3.05) is 23.8 Å². The van der Waals surface area contributed by atoms with E-state index in [9.17, 15) is 4.79 Å². The number of rotatable bonds is 2. The Morgan fingerprint density at radius 3 is 3.05 bits per heavy atom. The maximum absolute atomic E-state index is 12.0. The molecule has 102 valence electrons. The molecular formula is C15H16N4O. The molecule has 5 heteroatoms. The lowest BCUT2D eigenvalue weighted by atomic mass is 10.0. The van der Waals surface area contributed by atoms with E-state index in [1.165, 1.54) is 30.1 Å². The Kier molecular flexibility index (Phi) is 3.33. The second kappa shape index (κ2) is 5.28. The Hall–Kier alpha value is -2.43. The molecule has 1 N–H and O–H groups in total. The predicted octanol–water partition coefficient (Wildman–Crippen LogP) is 2.11. The first-order valence-corrected chi connectivity index (χ1v) is 6.65. The lowest BCUT2D eigenvalue weighted by Gasteiger charge is -2.28. The number of anilines is 2. The van der Waals surface area contributed by atoms with Crippen molar-refractivity contribution in [3.8, 4) is 0 Å². The highest BCUT2D eigenvalue weighted by molar-refractivity contribution is 6.02. The maximum Gasteiger partial charge on any atom is 0.275 e. The van der Waals surface area contributed by atoms with Crippen molar-refractivity contribution in [2.24, 2.45) is 0 Å². The Bertz CT molecular complexity index is 627. The summed E-state index contributed by atoms with van der Waals surface area (Å²) in [7, 11) is 2.08. The molecule has 5 nitrogen and oxygen atoms in total. The normalized spacial score (nSPS) is 13.8. The number of benzene rings is 1. The average Bonchev–Trinajstić information content (AvgIpc) is 2.49. The molecule has 2 heterocycles. The first kappa shape index (κ1) is 12.6. The molecule has 0 spiro atoms. The summed E-state index contributed by atoms with van der Waals surface area (Å²) in [6, 6.07) is 6.03. The summed E-state index contributed by atoms with van der Waals surface area (Å²) < 4.78 is 0. The highest BCUT2D eigenvalue weighted by Gasteiger charge is 2.15. The van der Waals surface area contributed by atoms with E-state index in [2.05, 4.69) is 33.3 Å². The Labute approximate surface area is 117 Å². The van der Waals surface area contributed by atoms with Crippen LogP contribution in [-0.2, 0) is 6.42 Å². The van der Waals surface area contributed by atoms with E-state index in [4.69, 9.17) is 0 Å². The first-order valence-electron chi connectivity index (χ1n) is 6.65. The number of carbonyl (C=O) groups is 1. The van der Waals surface area contributed by atoms with Crippen molar-refractivity contribution >= 4 is 17.3 Å². The largest absolute Gasteiger partial charge is 0.374 e. The smallest absolute Gasteiger partial charge is 0.275 e. The summed E-state index contributed by atoms with van der Waals surface area (Å²) in [6.07, 6.45) is 6.78. The molecule has 3 rings (SSSR count). The standard InChI is InChI=1S/C15H16N4O/c1-19-8-2-3-11-4-5-12(9-14(11)19)18-15(20)13-10-16-6-7-17-13/h4-7,9-10H,2-3,8H2,1H3,(H,18,20). The van der Waals surface area contributed by atoms with Gasteiger partial charge in [0.1, 0.15) is 5.69 Å². The summed E-state index contributed by atoms with van der Waals surface area (Å²) in [6.45, 7) is 1.05. The van der Waals surface area contributed by atoms with E-state index < -0.39 is 0 Å². The van der Waals surface area contributed by atoms with Crippen LogP contribution in [0.1, 0.15) is 22.5 Å². The molecule has 1 aliphatic heterocycles. The van der Waals surface area contributed by atoms with E-state index >= 15 is 0 Å². The number of nitrogens with zero attached hydrogens (tertiary/aromatic N) is 3. The topological polar surface area (TPSA) is 58.1 Å². The fourth-order valence-corrected chi connectivity index (χ4v) is 2.45. The molecule has 1 aliphatic rings. The molecular weight excluding hydrogens is 252 g/mol. The van der Waals surface area contributed by atoms with Crippen LogP contribution in [0.2, 0.25) is 0 Å². The van der Waals surface area contributed by atoms with Crippen molar-refractivity contribution in [2.45, 2.75) is 12.8 Å². The van der Waals surface area contributed by atoms with Crippen LogP contribution >= 0.6 is 0 Å². The number of hydrogen-bond acceptors (Lipinski definition) is 4. The van der Waals surface area contributed by atoms with Gasteiger partial charge < -0.3 is 10.2 Å². The van der Waals surface area contributed by atoms with Crippen LogP contribution in [0.5, 0.6) is 0 Å². The second-order valence-electron chi connectivity index (χ2n) is 4.91. The van der Waals surface area contributed by atoms with Crippen molar-refractivity contribution in [3.63, 3.8) is 0 Å². The van der Waals surface area contributed by atoms with Gasteiger partial charge >= 0.3 is 0 Å². The highest BCUT2D eigenvalue weighted by atomic mass is 16.1. The lowest BCUT2D eigenvalue weighted by molar-refractivity contribution is 0.102. The zero-order valence-corrected chi connectivity index (χ0v) is 11.3. The Balaban J connectivity index is 1.82. The molecule has 0 saturated carbocycles. The van der Waals surface area contributed by atoms with E-state index in [0.29, 0.717) is 5.69 Å². The molecule has 0 atom stereocenters. The molecule has 0 radical (unpaired) electrons. The van der Waals surface area contributed by atoms with Gasteiger partial charge in [-0.05, 0) is 30.5 Å². The summed E-state index contributed by atoms with van der Waals surface area (Å²) in [5, 5.41) is 2.86. The van der Waals surface area contributed by atoms with Gasteiger partial charge in [0.05, 0.1) is 6.20 Å². The molecule has 0 bridgehead atoms. The molecule has 0 aliphatic carbocycles. The SMILES string of the molecule is CN1CCCc2ccc(NC(=O)c3cnccn3)cc21. The minimum Gasteiger partial charge on any atom is -0.374 e. The first-order chi connectivity index (χ1) is 9.74. The van der Waals surface area contributed by atoms with Gasteiger partial charge in [-0.25, -0.2) is 4.98 Å². The van der Waals surface area contributed by atoms with Crippen molar-refractivity contribution in [3.05, 3.63) is 48.0 Å². The number of fused-ring (bicyclic) bond motifs is 1. The Morgan fingerprint density at radius 2 is 2.25 bits per heavy atom. The third kappa shape index (κ3) is 2.47. The van der Waals surface area contributed by atoms with Gasteiger partial charge in [-0.3, -0.25) is 9.78 Å². The number of amides is 1. The molecule has 0 saturated heterocycles. The van der Waals surface area contributed by atoms with Crippen LogP contribution in [0, 0.1) is 0 Å². The van der Waals surface area contributed by atoms with Crippen LogP contribution < -0.4 is 10.2 Å². The van der Waals surface area contributed by atoms with Gasteiger partial charge in [0, 0.05) is 37.4 Å². The van der Waals surface area contributed by atoms with Crippen molar-refractivity contribution in [1.29, 1.82) is 0 Å². The lowest BCUT2D eigenvalue weighted by Crippen LogP contribution is -2.25. The van der Waals surface area contributed by atoms with Gasteiger partial charge in [0.25, 0.3) is 5.91 Å². The molecule has 1 aromatic heterocycles. The highest BCUT2D eigenvalue weighted by Crippen LogP contribution is 2.28. The van der Waals surface area contributed by atoms with Crippen LogP contribution in [-0.4, -0.2) is 29.5 Å².